The number of aliphatic carboxylic acids is 1. The van der Waals surface area contributed by atoms with Gasteiger partial charge in [0.25, 0.3) is 5.91 Å². The van der Waals surface area contributed by atoms with Crippen LogP contribution in [0.25, 0.3) is 0 Å². The Hall–Kier alpha value is -1.18. The summed E-state index contributed by atoms with van der Waals surface area (Å²) in [6.45, 7) is 3.84. The van der Waals surface area contributed by atoms with Gasteiger partial charge in [0, 0.05) is 0 Å². The first-order valence-electron chi connectivity index (χ1n) is 9.79. The summed E-state index contributed by atoms with van der Waals surface area (Å²) in [5, 5.41) is 39.7. The van der Waals surface area contributed by atoms with E-state index < -0.39 is 36.7 Å². The SMILES string of the molecule is CC(C)CCCCCCCCCCC(O)C(O)C(O)C(=O)NCC(=O)O. The van der Waals surface area contributed by atoms with Crippen LogP contribution in [0.5, 0.6) is 0 Å². The average molecular weight is 376 g/mol. The van der Waals surface area contributed by atoms with Crippen molar-refractivity contribution in [3.8, 4) is 0 Å². The lowest BCUT2D eigenvalue weighted by atomic mass is 10.00. The van der Waals surface area contributed by atoms with Crippen LogP contribution in [0.15, 0.2) is 0 Å². The second-order valence-electron chi connectivity index (χ2n) is 7.41. The lowest BCUT2D eigenvalue weighted by Crippen LogP contribution is -2.48. The Morgan fingerprint density at radius 2 is 1.27 bits per heavy atom. The Morgan fingerprint density at radius 1 is 0.808 bits per heavy atom. The average Bonchev–Trinajstić information content (AvgIpc) is 2.59. The van der Waals surface area contributed by atoms with Crippen LogP contribution in [0.2, 0.25) is 0 Å². The van der Waals surface area contributed by atoms with E-state index in [-0.39, 0.29) is 0 Å². The molecule has 0 aromatic heterocycles. The smallest absolute Gasteiger partial charge is 0.322 e. The Kier molecular flexibility index (Phi) is 14.3. The number of hydrogen-bond donors (Lipinski definition) is 5. The Morgan fingerprint density at radius 3 is 1.73 bits per heavy atom. The summed E-state index contributed by atoms with van der Waals surface area (Å²) in [4.78, 5) is 21.8. The van der Waals surface area contributed by atoms with Gasteiger partial charge in [-0.15, -0.1) is 0 Å². The molecule has 0 heterocycles. The van der Waals surface area contributed by atoms with Crippen LogP contribution < -0.4 is 5.32 Å². The first-order valence-corrected chi connectivity index (χ1v) is 9.79. The van der Waals surface area contributed by atoms with Crippen LogP contribution in [0.3, 0.4) is 0 Å². The van der Waals surface area contributed by atoms with Gasteiger partial charge in [-0.3, -0.25) is 9.59 Å². The third kappa shape index (κ3) is 13.1. The van der Waals surface area contributed by atoms with Crippen LogP contribution in [-0.4, -0.2) is 57.2 Å². The van der Waals surface area contributed by atoms with Crippen LogP contribution >= 0.6 is 0 Å². The maximum atomic E-state index is 11.5. The number of nitrogens with one attached hydrogen (secondary N) is 1. The van der Waals surface area contributed by atoms with E-state index in [0.717, 1.165) is 25.2 Å². The number of unbranched alkanes of at least 4 members (excludes halogenated alkanes) is 7. The second kappa shape index (κ2) is 14.9. The number of aliphatic hydroxyl groups is 3. The minimum absolute atomic E-state index is 0.291. The number of rotatable bonds is 16. The summed E-state index contributed by atoms with van der Waals surface area (Å²) in [5.74, 6) is -1.48. The first-order chi connectivity index (χ1) is 12.3. The summed E-state index contributed by atoms with van der Waals surface area (Å²) < 4.78 is 0. The number of aliphatic hydroxyl groups excluding tert-OH is 3. The summed E-state index contributed by atoms with van der Waals surface area (Å²) in [7, 11) is 0. The summed E-state index contributed by atoms with van der Waals surface area (Å²) >= 11 is 0. The molecule has 0 aliphatic carbocycles. The van der Waals surface area contributed by atoms with E-state index in [1.54, 1.807) is 0 Å². The molecule has 0 rings (SSSR count). The molecular formula is C19H37NO6. The highest BCUT2D eigenvalue weighted by atomic mass is 16.4. The molecule has 0 fully saturated rings. The molecule has 1 amide bonds. The van der Waals surface area contributed by atoms with Crippen molar-refractivity contribution in [2.24, 2.45) is 5.92 Å². The molecule has 5 N–H and O–H groups in total. The zero-order valence-corrected chi connectivity index (χ0v) is 16.2. The third-order valence-corrected chi connectivity index (χ3v) is 4.43. The van der Waals surface area contributed by atoms with E-state index in [1.165, 1.54) is 32.1 Å². The fourth-order valence-corrected chi connectivity index (χ4v) is 2.77. The van der Waals surface area contributed by atoms with Gasteiger partial charge in [-0.05, 0) is 12.3 Å². The van der Waals surface area contributed by atoms with Crippen molar-refractivity contribution in [3.63, 3.8) is 0 Å². The topological polar surface area (TPSA) is 127 Å². The van der Waals surface area contributed by atoms with E-state index in [9.17, 15) is 24.9 Å². The van der Waals surface area contributed by atoms with Gasteiger partial charge in [0.05, 0.1) is 6.10 Å². The van der Waals surface area contributed by atoms with Crippen molar-refractivity contribution in [2.45, 2.75) is 96.4 Å². The number of carboxylic acid groups (broad SMARTS) is 1. The highest BCUT2D eigenvalue weighted by molar-refractivity contribution is 5.84. The summed E-state index contributed by atoms with van der Waals surface area (Å²) in [5.41, 5.74) is 0. The summed E-state index contributed by atoms with van der Waals surface area (Å²) in [6.07, 6.45) is 5.81. The molecular weight excluding hydrogens is 338 g/mol. The molecule has 26 heavy (non-hydrogen) atoms. The highest BCUT2D eigenvalue weighted by Gasteiger charge is 2.29. The van der Waals surface area contributed by atoms with Gasteiger partial charge in [-0.2, -0.15) is 0 Å². The van der Waals surface area contributed by atoms with Gasteiger partial charge in [-0.1, -0.05) is 71.6 Å². The molecule has 154 valence electrons. The van der Waals surface area contributed by atoms with Crippen LogP contribution in [0.1, 0.15) is 78.1 Å². The molecule has 0 bridgehead atoms. The Labute approximate surface area is 156 Å². The first kappa shape index (κ1) is 24.8. The standard InChI is InChI=1S/C19H37NO6/c1-14(2)11-9-7-5-3-4-6-8-10-12-15(21)17(24)18(25)19(26)20-13-16(22)23/h14-15,17-18,21,24-25H,3-13H2,1-2H3,(H,20,26)(H,22,23). The van der Waals surface area contributed by atoms with Crippen molar-refractivity contribution in [1.82, 2.24) is 5.32 Å². The lowest BCUT2D eigenvalue weighted by Gasteiger charge is -2.22. The highest BCUT2D eigenvalue weighted by Crippen LogP contribution is 2.14. The molecule has 0 saturated carbocycles. The van der Waals surface area contributed by atoms with Gasteiger partial charge in [0.2, 0.25) is 0 Å². The van der Waals surface area contributed by atoms with Crippen molar-refractivity contribution in [2.75, 3.05) is 6.54 Å². The van der Waals surface area contributed by atoms with Crippen LogP contribution in [0.4, 0.5) is 0 Å². The maximum Gasteiger partial charge on any atom is 0.322 e. The minimum atomic E-state index is -1.84. The largest absolute Gasteiger partial charge is 0.480 e. The Balaban J connectivity index is 3.69. The van der Waals surface area contributed by atoms with E-state index in [0.29, 0.717) is 12.8 Å². The fourth-order valence-electron chi connectivity index (χ4n) is 2.77. The quantitative estimate of drug-likeness (QED) is 0.262. The van der Waals surface area contributed by atoms with Gasteiger partial charge < -0.3 is 25.7 Å². The second-order valence-corrected chi connectivity index (χ2v) is 7.41. The fraction of sp³-hybridized carbons (Fsp3) is 0.895. The maximum absolute atomic E-state index is 11.5. The zero-order chi connectivity index (χ0) is 19.9. The van der Waals surface area contributed by atoms with Crippen molar-refractivity contribution < 1.29 is 30.0 Å². The number of carbonyl (C=O) groups is 2. The van der Waals surface area contributed by atoms with Crippen LogP contribution in [0, 0.1) is 5.92 Å². The zero-order valence-electron chi connectivity index (χ0n) is 16.2. The predicted octanol–water partition coefficient (Wildman–Crippen LogP) is 1.83. The molecule has 0 aliphatic heterocycles. The molecule has 0 saturated heterocycles. The van der Waals surface area contributed by atoms with E-state index >= 15 is 0 Å². The number of amides is 1. The van der Waals surface area contributed by atoms with Gasteiger partial charge in [-0.25, -0.2) is 0 Å². The lowest BCUT2D eigenvalue weighted by molar-refractivity contribution is -0.145. The molecule has 7 nitrogen and oxygen atoms in total. The number of carbonyl (C=O) groups excluding carboxylic acids is 1. The van der Waals surface area contributed by atoms with E-state index in [1.807, 2.05) is 5.32 Å². The molecule has 3 atom stereocenters. The van der Waals surface area contributed by atoms with Gasteiger partial charge >= 0.3 is 5.97 Å². The molecule has 7 heteroatoms. The molecule has 0 aromatic rings. The molecule has 0 aliphatic rings. The van der Waals surface area contributed by atoms with Crippen molar-refractivity contribution in [1.29, 1.82) is 0 Å². The molecule has 0 spiro atoms. The van der Waals surface area contributed by atoms with E-state index in [2.05, 4.69) is 13.8 Å². The predicted molar refractivity (Wildman–Crippen MR) is 99.7 cm³/mol. The monoisotopic (exact) mass is 375 g/mol. The molecule has 0 aromatic carbocycles. The van der Waals surface area contributed by atoms with Crippen LogP contribution in [-0.2, 0) is 9.59 Å². The summed E-state index contributed by atoms with van der Waals surface area (Å²) in [6, 6.07) is 0. The third-order valence-electron chi connectivity index (χ3n) is 4.43. The van der Waals surface area contributed by atoms with Gasteiger partial charge in [0.15, 0.2) is 6.10 Å². The van der Waals surface area contributed by atoms with Crippen molar-refractivity contribution in [3.05, 3.63) is 0 Å². The van der Waals surface area contributed by atoms with Crippen molar-refractivity contribution >= 4 is 11.9 Å². The number of hydrogen-bond acceptors (Lipinski definition) is 5. The molecule has 0 radical (unpaired) electrons. The van der Waals surface area contributed by atoms with E-state index in [4.69, 9.17) is 5.11 Å². The van der Waals surface area contributed by atoms with Gasteiger partial charge in [0.1, 0.15) is 12.6 Å². The molecule has 3 unspecified atom stereocenters. The normalized spacial score (nSPS) is 14.8. The number of carboxylic acids is 1. The minimum Gasteiger partial charge on any atom is -0.480 e. The Bertz CT molecular complexity index is 388.